The van der Waals surface area contributed by atoms with E-state index in [2.05, 4.69) is 0 Å². The van der Waals surface area contributed by atoms with Gasteiger partial charge in [-0.2, -0.15) is 0 Å². The summed E-state index contributed by atoms with van der Waals surface area (Å²) in [5.74, 6) is -4.56. The molecule has 0 radical (unpaired) electrons. The second-order valence-corrected chi connectivity index (χ2v) is 3.90. The molecule has 0 spiro atoms. The van der Waals surface area contributed by atoms with E-state index in [1.165, 1.54) is 0 Å². The van der Waals surface area contributed by atoms with Crippen molar-refractivity contribution in [3.63, 3.8) is 0 Å². The molecule has 116 valence electrons. The van der Waals surface area contributed by atoms with Crippen LogP contribution in [0.3, 0.4) is 0 Å². The Kier molecular flexibility index (Phi) is 26.7. The Bertz CT molecular complexity index is 269. The summed E-state index contributed by atoms with van der Waals surface area (Å²) in [6, 6.07) is 0. The van der Waals surface area contributed by atoms with Gasteiger partial charge in [0.2, 0.25) is 0 Å². The molecule has 22 heavy (non-hydrogen) atoms. The van der Waals surface area contributed by atoms with E-state index in [4.69, 9.17) is 0 Å². The third-order valence-electron chi connectivity index (χ3n) is 2.02. The van der Waals surface area contributed by atoms with E-state index >= 15 is 0 Å². The van der Waals surface area contributed by atoms with Gasteiger partial charge < -0.3 is 39.6 Å². The molecule has 0 aliphatic rings. The molecule has 0 saturated carbocycles. The number of carboxylic acids is 4. The van der Waals surface area contributed by atoms with Gasteiger partial charge in [0, 0.05) is 23.9 Å². The van der Waals surface area contributed by atoms with Crippen LogP contribution in [0, 0.1) is 0 Å². The molecule has 0 fully saturated rings. The molecule has 0 aliphatic carbocycles. The molecule has 0 aromatic carbocycles. The van der Waals surface area contributed by atoms with Gasteiger partial charge in [-0.15, -0.1) is 0 Å². The summed E-state index contributed by atoms with van der Waals surface area (Å²) in [5, 5.41) is 39.1. The molecule has 10 heteroatoms. The summed E-state index contributed by atoms with van der Waals surface area (Å²) in [5.41, 5.74) is 0. The second-order valence-electron chi connectivity index (χ2n) is 3.90. The smallest absolute Gasteiger partial charge is 0.550 e. The van der Waals surface area contributed by atoms with Crippen molar-refractivity contribution in [1.82, 2.24) is 0 Å². The first kappa shape index (κ1) is 29.2. The number of carboxylic acid groups (broad SMARTS) is 4. The number of hydrogen-bond acceptors (Lipinski definition) is 8. The number of carbonyl (C=O) groups excluding carboxylic acids is 4. The average molecular weight is 419 g/mol. The van der Waals surface area contributed by atoms with E-state index in [9.17, 15) is 39.6 Å². The molecule has 0 aromatic heterocycles. The predicted octanol–water partition coefficient (Wildman–Crippen LogP) is -3.91. The van der Waals surface area contributed by atoms with Gasteiger partial charge in [-0.05, 0) is 51.4 Å². The number of hydrogen-bond donors (Lipinski definition) is 0. The third-order valence-corrected chi connectivity index (χ3v) is 2.02. The Morgan fingerprint density at radius 3 is 0.682 bits per heavy atom. The van der Waals surface area contributed by atoms with E-state index in [-0.39, 0.29) is 64.6 Å². The number of aliphatic carboxylic acids is 4. The van der Waals surface area contributed by atoms with Crippen LogP contribution in [-0.2, 0) is 58.1 Å². The van der Waals surface area contributed by atoms with Crippen molar-refractivity contribution in [3.8, 4) is 0 Å². The van der Waals surface area contributed by atoms with Crippen LogP contribution in [0.1, 0.15) is 51.4 Å². The largest absolute Gasteiger partial charge is 2.00 e. The maximum Gasteiger partial charge on any atom is 2.00 e. The standard InChI is InChI=1S/2C6H10O4.2Zn/c2*7-5(8)3-1-2-4-6(9)10;;/h2*1-4H2,(H,7,8)(H,9,10);;/q;;2*+2/p-4. The van der Waals surface area contributed by atoms with Crippen LogP contribution >= 0.6 is 0 Å². The van der Waals surface area contributed by atoms with Crippen molar-refractivity contribution in [2.45, 2.75) is 51.4 Å². The van der Waals surface area contributed by atoms with Crippen LogP contribution in [0.5, 0.6) is 0 Å². The van der Waals surface area contributed by atoms with E-state index < -0.39 is 23.9 Å². The van der Waals surface area contributed by atoms with Gasteiger partial charge in [0.05, 0.1) is 0 Å². The molecular formula is C12H16O8Zn2. The average Bonchev–Trinajstić information content (AvgIpc) is 2.30. The summed E-state index contributed by atoms with van der Waals surface area (Å²) in [6.45, 7) is 0. The fraction of sp³-hybridized carbons (Fsp3) is 0.667. The normalized spacial score (nSPS) is 8.36. The molecule has 0 aliphatic heterocycles. The summed E-state index contributed by atoms with van der Waals surface area (Å²) in [4.78, 5) is 39.1. The molecule has 0 rings (SSSR count). The van der Waals surface area contributed by atoms with Crippen molar-refractivity contribution >= 4 is 23.9 Å². The molecule has 0 aromatic rings. The van der Waals surface area contributed by atoms with Crippen molar-refractivity contribution < 1.29 is 78.6 Å². The SMILES string of the molecule is O=C([O-])CCCCC(=O)[O-].O=C([O-])CCCCC(=O)[O-].[Zn+2].[Zn+2]. The molecule has 8 nitrogen and oxygen atoms in total. The first-order chi connectivity index (χ1) is 9.25. The molecular weight excluding hydrogens is 403 g/mol. The summed E-state index contributed by atoms with van der Waals surface area (Å²) >= 11 is 0. The fourth-order valence-corrected chi connectivity index (χ4v) is 1.08. The van der Waals surface area contributed by atoms with Crippen LogP contribution in [0.25, 0.3) is 0 Å². The van der Waals surface area contributed by atoms with E-state index in [0.717, 1.165) is 0 Å². The van der Waals surface area contributed by atoms with Crippen molar-refractivity contribution in [2.24, 2.45) is 0 Å². The minimum absolute atomic E-state index is 0. The van der Waals surface area contributed by atoms with Crippen LogP contribution < -0.4 is 20.4 Å². The van der Waals surface area contributed by atoms with Crippen molar-refractivity contribution in [1.29, 1.82) is 0 Å². The van der Waals surface area contributed by atoms with Crippen LogP contribution in [-0.4, -0.2) is 23.9 Å². The van der Waals surface area contributed by atoms with Gasteiger partial charge in [0.15, 0.2) is 0 Å². The first-order valence-corrected chi connectivity index (χ1v) is 6.05. The molecule has 0 N–H and O–H groups in total. The summed E-state index contributed by atoms with van der Waals surface area (Å²) in [7, 11) is 0. The zero-order valence-corrected chi connectivity index (χ0v) is 18.3. The van der Waals surface area contributed by atoms with E-state index in [1.807, 2.05) is 0 Å². The van der Waals surface area contributed by atoms with Crippen molar-refractivity contribution in [2.75, 3.05) is 0 Å². The molecule has 0 unspecified atom stereocenters. The minimum Gasteiger partial charge on any atom is -0.550 e. The van der Waals surface area contributed by atoms with Crippen molar-refractivity contribution in [3.05, 3.63) is 0 Å². The summed E-state index contributed by atoms with van der Waals surface area (Å²) < 4.78 is 0. The quantitative estimate of drug-likeness (QED) is 0.257. The number of carbonyl (C=O) groups is 4. The van der Waals surface area contributed by atoms with Crippen LogP contribution in [0.4, 0.5) is 0 Å². The summed E-state index contributed by atoms with van der Waals surface area (Å²) in [6.07, 6.45) is 1.07. The van der Waals surface area contributed by atoms with Gasteiger partial charge in [-0.3, -0.25) is 0 Å². The Morgan fingerprint density at radius 1 is 0.455 bits per heavy atom. The topological polar surface area (TPSA) is 161 Å². The van der Waals surface area contributed by atoms with Crippen LogP contribution in [0.2, 0.25) is 0 Å². The predicted molar refractivity (Wildman–Crippen MR) is 57.0 cm³/mol. The van der Waals surface area contributed by atoms with Gasteiger partial charge in [-0.25, -0.2) is 0 Å². The van der Waals surface area contributed by atoms with Gasteiger partial charge in [0.1, 0.15) is 0 Å². The Balaban J connectivity index is -0.000000135. The Morgan fingerprint density at radius 2 is 0.591 bits per heavy atom. The minimum atomic E-state index is -1.14. The third kappa shape index (κ3) is 36.5. The molecule has 0 heterocycles. The molecule has 0 amide bonds. The van der Waals surface area contributed by atoms with Gasteiger partial charge in [0.25, 0.3) is 0 Å². The Labute approximate surface area is 153 Å². The monoisotopic (exact) mass is 416 g/mol. The van der Waals surface area contributed by atoms with Gasteiger partial charge in [-0.1, -0.05) is 0 Å². The van der Waals surface area contributed by atoms with Crippen LogP contribution in [0.15, 0.2) is 0 Å². The molecule has 0 saturated heterocycles. The fourth-order valence-electron chi connectivity index (χ4n) is 1.08. The number of rotatable bonds is 10. The maximum absolute atomic E-state index is 9.77. The zero-order valence-electron chi connectivity index (χ0n) is 12.3. The van der Waals surface area contributed by atoms with E-state index in [0.29, 0.717) is 25.7 Å². The van der Waals surface area contributed by atoms with Gasteiger partial charge >= 0.3 is 39.0 Å². The maximum atomic E-state index is 9.77. The second kappa shape index (κ2) is 20.1. The van der Waals surface area contributed by atoms with E-state index in [1.54, 1.807) is 0 Å². The molecule has 0 atom stereocenters. The molecule has 0 bridgehead atoms. The number of unbranched alkanes of at least 4 members (excludes halogenated alkanes) is 2. The Hall–Kier alpha value is -0.873. The first-order valence-electron chi connectivity index (χ1n) is 6.05. The zero-order chi connectivity index (χ0) is 16.0.